The molecule has 0 bridgehead atoms. The highest BCUT2D eigenvalue weighted by molar-refractivity contribution is 6.19. The molecule has 24 heavy (non-hydrogen) atoms. The average molecular weight is 326 g/mol. The minimum atomic E-state index is -0.182. The van der Waals surface area contributed by atoms with Crippen molar-refractivity contribution in [1.29, 1.82) is 0 Å². The third kappa shape index (κ3) is 3.11. The van der Waals surface area contributed by atoms with Gasteiger partial charge in [-0.2, -0.15) is 0 Å². The van der Waals surface area contributed by atoms with Crippen LogP contribution in [0.15, 0.2) is 36.9 Å². The van der Waals surface area contributed by atoms with Crippen LogP contribution in [0.5, 0.6) is 0 Å². The van der Waals surface area contributed by atoms with E-state index in [2.05, 4.69) is 6.58 Å². The normalized spacial score (nSPS) is 18.2. The number of anilines is 1. The maximum Gasteiger partial charge on any atom is 0.254 e. The number of rotatable bonds is 5. The second-order valence-electron chi connectivity index (χ2n) is 6.35. The number of benzene rings is 1. The highest BCUT2D eigenvalue weighted by Gasteiger charge is 2.31. The van der Waals surface area contributed by atoms with Crippen LogP contribution in [0.4, 0.5) is 5.69 Å². The maximum atomic E-state index is 12.8. The van der Waals surface area contributed by atoms with Gasteiger partial charge in [-0.15, -0.1) is 6.58 Å². The molecule has 1 saturated heterocycles. The lowest BCUT2D eigenvalue weighted by Gasteiger charge is -2.28. The smallest absolute Gasteiger partial charge is 0.254 e. The van der Waals surface area contributed by atoms with Gasteiger partial charge in [0, 0.05) is 31.0 Å². The van der Waals surface area contributed by atoms with E-state index in [9.17, 15) is 14.4 Å². The summed E-state index contributed by atoms with van der Waals surface area (Å²) in [5, 5.41) is 0. The highest BCUT2D eigenvalue weighted by atomic mass is 16.2. The van der Waals surface area contributed by atoms with Crippen LogP contribution < -0.4 is 4.90 Å². The van der Waals surface area contributed by atoms with Crippen LogP contribution in [-0.4, -0.2) is 35.2 Å². The van der Waals surface area contributed by atoms with Gasteiger partial charge in [0.15, 0.2) is 0 Å². The number of hydrogen-bond acceptors (Lipinski definition) is 3. The van der Waals surface area contributed by atoms with Crippen molar-refractivity contribution >= 4 is 23.4 Å². The van der Waals surface area contributed by atoms with Gasteiger partial charge in [0.2, 0.25) is 11.8 Å². The van der Waals surface area contributed by atoms with Crippen LogP contribution in [0.3, 0.4) is 0 Å². The first-order chi connectivity index (χ1) is 11.6. The Bertz CT molecular complexity index is 644. The van der Waals surface area contributed by atoms with Gasteiger partial charge in [-0.1, -0.05) is 18.9 Å². The molecule has 2 fully saturated rings. The van der Waals surface area contributed by atoms with E-state index in [1.54, 1.807) is 30.3 Å². The van der Waals surface area contributed by atoms with Gasteiger partial charge in [-0.05, 0) is 37.1 Å². The lowest BCUT2D eigenvalue weighted by atomic mass is 10.1. The van der Waals surface area contributed by atoms with E-state index in [-0.39, 0.29) is 36.6 Å². The van der Waals surface area contributed by atoms with Gasteiger partial charge in [0.25, 0.3) is 5.91 Å². The Labute approximate surface area is 141 Å². The van der Waals surface area contributed by atoms with Crippen molar-refractivity contribution in [2.75, 3.05) is 11.4 Å². The van der Waals surface area contributed by atoms with E-state index >= 15 is 0 Å². The summed E-state index contributed by atoms with van der Waals surface area (Å²) in [6, 6.07) is 7.02. The zero-order chi connectivity index (χ0) is 17.1. The Kier molecular flexibility index (Phi) is 4.79. The minimum Gasteiger partial charge on any atom is -0.332 e. The van der Waals surface area contributed by atoms with Gasteiger partial charge in [0.1, 0.15) is 0 Å². The lowest BCUT2D eigenvalue weighted by Crippen LogP contribution is -2.39. The van der Waals surface area contributed by atoms with Gasteiger partial charge >= 0.3 is 0 Å². The molecular weight excluding hydrogens is 304 g/mol. The first-order valence-corrected chi connectivity index (χ1v) is 8.49. The van der Waals surface area contributed by atoms with Crippen molar-refractivity contribution in [2.45, 2.75) is 44.6 Å². The van der Waals surface area contributed by atoms with Gasteiger partial charge in [0.05, 0.1) is 5.69 Å². The molecule has 1 aromatic carbocycles. The summed E-state index contributed by atoms with van der Waals surface area (Å²) in [7, 11) is 0. The van der Waals surface area contributed by atoms with Crippen molar-refractivity contribution in [3.63, 3.8) is 0 Å². The zero-order valence-corrected chi connectivity index (χ0v) is 13.7. The van der Waals surface area contributed by atoms with Crippen LogP contribution in [0.1, 0.15) is 48.9 Å². The summed E-state index contributed by atoms with van der Waals surface area (Å²) in [5.41, 5.74) is 1.11. The molecule has 5 nitrogen and oxygen atoms in total. The Hall–Kier alpha value is -2.43. The van der Waals surface area contributed by atoms with E-state index in [0.717, 1.165) is 25.7 Å². The molecule has 1 aromatic rings. The first kappa shape index (κ1) is 16.4. The SMILES string of the molecule is C=CCN(C(=O)c1ccc(N2C(=O)CCC2=O)cc1)C1CCCC1. The number of carbonyl (C=O) groups excluding carboxylic acids is 3. The Balaban J connectivity index is 1.78. The van der Waals surface area contributed by atoms with E-state index < -0.39 is 0 Å². The molecule has 0 unspecified atom stereocenters. The molecule has 1 saturated carbocycles. The number of amides is 3. The van der Waals surface area contributed by atoms with E-state index in [1.165, 1.54) is 4.90 Å². The predicted octanol–water partition coefficient (Wildman–Crippen LogP) is 2.91. The molecule has 3 rings (SSSR count). The summed E-state index contributed by atoms with van der Waals surface area (Å²) in [4.78, 5) is 39.5. The quantitative estimate of drug-likeness (QED) is 0.617. The van der Waals surface area contributed by atoms with E-state index in [1.807, 2.05) is 4.90 Å². The van der Waals surface area contributed by atoms with Crippen molar-refractivity contribution in [3.05, 3.63) is 42.5 Å². The number of imide groups is 1. The van der Waals surface area contributed by atoms with Gasteiger partial charge in [-0.3, -0.25) is 19.3 Å². The average Bonchev–Trinajstić information content (AvgIpc) is 3.23. The molecule has 126 valence electrons. The zero-order valence-electron chi connectivity index (χ0n) is 13.7. The number of carbonyl (C=O) groups is 3. The lowest BCUT2D eigenvalue weighted by molar-refractivity contribution is -0.121. The summed E-state index contributed by atoms with van der Waals surface area (Å²) in [5.74, 6) is -0.385. The maximum absolute atomic E-state index is 12.8. The summed E-state index contributed by atoms with van der Waals surface area (Å²) in [6.07, 6.45) is 6.66. The van der Waals surface area contributed by atoms with Crippen molar-refractivity contribution in [2.24, 2.45) is 0 Å². The fourth-order valence-corrected chi connectivity index (χ4v) is 3.54. The topological polar surface area (TPSA) is 57.7 Å². The van der Waals surface area contributed by atoms with Crippen molar-refractivity contribution in [3.8, 4) is 0 Å². The molecule has 3 amide bonds. The monoisotopic (exact) mass is 326 g/mol. The molecule has 0 spiro atoms. The first-order valence-electron chi connectivity index (χ1n) is 8.49. The van der Waals surface area contributed by atoms with Gasteiger partial charge < -0.3 is 4.90 Å². The molecule has 0 atom stereocenters. The number of hydrogen-bond donors (Lipinski definition) is 0. The Morgan fingerprint density at radius 2 is 1.71 bits per heavy atom. The predicted molar refractivity (Wildman–Crippen MR) is 91.7 cm³/mol. The fraction of sp³-hybridized carbons (Fsp3) is 0.421. The van der Waals surface area contributed by atoms with Crippen LogP contribution >= 0.6 is 0 Å². The summed E-state index contributed by atoms with van der Waals surface area (Å²) >= 11 is 0. The standard InChI is InChI=1S/C19H22N2O3/c1-2-13-20(15-5-3-4-6-15)19(24)14-7-9-16(10-8-14)21-17(22)11-12-18(21)23/h2,7-10,15H,1,3-6,11-13H2. The molecule has 0 aromatic heterocycles. The highest BCUT2D eigenvalue weighted by Crippen LogP contribution is 2.26. The van der Waals surface area contributed by atoms with Crippen molar-refractivity contribution < 1.29 is 14.4 Å². The van der Waals surface area contributed by atoms with E-state index in [4.69, 9.17) is 0 Å². The molecule has 2 aliphatic rings. The summed E-state index contributed by atoms with van der Waals surface area (Å²) < 4.78 is 0. The Morgan fingerprint density at radius 1 is 1.12 bits per heavy atom. The second kappa shape index (κ2) is 6.99. The minimum absolute atomic E-state index is 0.0209. The molecule has 0 N–H and O–H groups in total. The molecule has 5 heteroatoms. The molecule has 1 aliphatic carbocycles. The largest absolute Gasteiger partial charge is 0.332 e. The number of nitrogens with zero attached hydrogens (tertiary/aromatic N) is 2. The van der Waals surface area contributed by atoms with Gasteiger partial charge in [-0.25, -0.2) is 0 Å². The molecule has 1 aliphatic heterocycles. The third-order valence-electron chi connectivity index (χ3n) is 4.78. The van der Waals surface area contributed by atoms with Crippen LogP contribution in [0.2, 0.25) is 0 Å². The second-order valence-corrected chi connectivity index (χ2v) is 6.35. The summed E-state index contributed by atoms with van der Waals surface area (Å²) in [6.45, 7) is 4.29. The molecule has 1 heterocycles. The Morgan fingerprint density at radius 3 is 2.25 bits per heavy atom. The molecule has 0 radical (unpaired) electrons. The third-order valence-corrected chi connectivity index (χ3v) is 4.78. The molecular formula is C19H22N2O3. The van der Waals surface area contributed by atoms with Crippen LogP contribution in [-0.2, 0) is 9.59 Å². The van der Waals surface area contributed by atoms with Crippen LogP contribution in [0, 0.1) is 0 Å². The van der Waals surface area contributed by atoms with Crippen LogP contribution in [0.25, 0.3) is 0 Å². The van der Waals surface area contributed by atoms with Crippen molar-refractivity contribution in [1.82, 2.24) is 4.90 Å². The fourth-order valence-electron chi connectivity index (χ4n) is 3.54. The van der Waals surface area contributed by atoms with E-state index in [0.29, 0.717) is 17.8 Å².